The van der Waals surface area contributed by atoms with Gasteiger partial charge in [-0.1, -0.05) is 42.5 Å². The van der Waals surface area contributed by atoms with Crippen molar-refractivity contribution >= 4 is 17.6 Å². The molecule has 0 aliphatic rings. The molecule has 3 aromatic rings. The van der Waals surface area contributed by atoms with E-state index >= 15 is 0 Å². The molecule has 0 heterocycles. The fourth-order valence-electron chi connectivity index (χ4n) is 3.56. The molecule has 0 radical (unpaired) electrons. The number of carbonyl (C=O) groups excluding carboxylic acids is 1. The summed E-state index contributed by atoms with van der Waals surface area (Å²) in [4.78, 5) is 24.4. The molecule has 3 rings (SSSR count). The van der Waals surface area contributed by atoms with Gasteiger partial charge in [0, 0.05) is 11.3 Å². The summed E-state index contributed by atoms with van der Waals surface area (Å²) < 4.78 is 0. The van der Waals surface area contributed by atoms with E-state index in [1.807, 2.05) is 42.5 Å². The van der Waals surface area contributed by atoms with Crippen LogP contribution in [0.3, 0.4) is 0 Å². The Morgan fingerprint density at radius 3 is 2.25 bits per heavy atom. The molecule has 0 aliphatic heterocycles. The molecule has 0 unspecified atom stereocenters. The Labute approximate surface area is 187 Å². The number of phenolic OH excluding ortho intramolecular Hbond substituents is 1. The van der Waals surface area contributed by atoms with Crippen LogP contribution in [0.2, 0.25) is 0 Å². The van der Waals surface area contributed by atoms with Crippen molar-refractivity contribution in [3.63, 3.8) is 0 Å². The molecule has 6 nitrogen and oxygen atoms in total. The molecule has 0 saturated heterocycles. The van der Waals surface area contributed by atoms with Crippen LogP contribution < -0.4 is 11.1 Å². The fourth-order valence-corrected chi connectivity index (χ4v) is 3.56. The molecule has 0 aromatic heterocycles. The van der Waals surface area contributed by atoms with E-state index in [1.54, 1.807) is 30.3 Å². The van der Waals surface area contributed by atoms with Crippen LogP contribution >= 0.6 is 0 Å². The minimum atomic E-state index is -1.06. The van der Waals surface area contributed by atoms with Crippen molar-refractivity contribution in [2.24, 2.45) is 0 Å². The highest BCUT2D eigenvalue weighted by molar-refractivity contribution is 5.97. The van der Waals surface area contributed by atoms with Crippen LogP contribution in [0.15, 0.2) is 72.8 Å². The number of aryl methyl sites for hydroxylation is 3. The normalized spacial score (nSPS) is 11.6. The van der Waals surface area contributed by atoms with E-state index in [1.165, 1.54) is 0 Å². The highest BCUT2D eigenvalue weighted by Crippen LogP contribution is 2.19. The number of hydrogen-bond donors (Lipinski definition) is 4. The van der Waals surface area contributed by atoms with Crippen LogP contribution in [0, 0.1) is 0 Å². The van der Waals surface area contributed by atoms with E-state index in [4.69, 9.17) is 5.73 Å². The van der Waals surface area contributed by atoms with Gasteiger partial charge in [0.15, 0.2) is 0 Å². The topological polar surface area (TPSA) is 113 Å². The summed E-state index contributed by atoms with van der Waals surface area (Å²) in [6, 6.07) is 20.7. The van der Waals surface area contributed by atoms with E-state index in [-0.39, 0.29) is 5.75 Å². The van der Waals surface area contributed by atoms with E-state index < -0.39 is 17.9 Å². The zero-order valence-electron chi connectivity index (χ0n) is 17.8. The highest BCUT2D eigenvalue weighted by Gasteiger charge is 2.21. The molecule has 0 bridgehead atoms. The molecular formula is C26H28N2O4. The van der Waals surface area contributed by atoms with Crippen LogP contribution in [0.25, 0.3) is 0 Å². The van der Waals surface area contributed by atoms with Gasteiger partial charge in [-0.05, 0) is 79.1 Å². The second-order valence-corrected chi connectivity index (χ2v) is 7.82. The van der Waals surface area contributed by atoms with Crippen LogP contribution in [-0.4, -0.2) is 28.1 Å². The number of anilines is 1. The van der Waals surface area contributed by atoms with E-state index in [0.717, 1.165) is 29.5 Å². The Balaban J connectivity index is 1.59. The van der Waals surface area contributed by atoms with Crippen molar-refractivity contribution in [3.8, 4) is 5.75 Å². The summed E-state index contributed by atoms with van der Waals surface area (Å²) >= 11 is 0. The van der Waals surface area contributed by atoms with Crippen molar-refractivity contribution in [1.29, 1.82) is 0 Å². The minimum Gasteiger partial charge on any atom is -0.508 e. The summed E-state index contributed by atoms with van der Waals surface area (Å²) in [7, 11) is 0. The van der Waals surface area contributed by atoms with Crippen molar-refractivity contribution in [1.82, 2.24) is 5.32 Å². The van der Waals surface area contributed by atoms with E-state index in [9.17, 15) is 19.8 Å². The summed E-state index contributed by atoms with van der Waals surface area (Å²) in [5.41, 5.74) is 10.1. The Morgan fingerprint density at radius 1 is 0.875 bits per heavy atom. The lowest BCUT2D eigenvalue weighted by molar-refractivity contribution is -0.139. The second-order valence-electron chi connectivity index (χ2n) is 7.82. The van der Waals surface area contributed by atoms with Gasteiger partial charge in [-0.25, -0.2) is 4.79 Å². The smallest absolute Gasteiger partial charge is 0.326 e. The van der Waals surface area contributed by atoms with Crippen molar-refractivity contribution in [2.75, 3.05) is 5.73 Å². The van der Waals surface area contributed by atoms with Crippen LogP contribution in [-0.2, 0) is 24.1 Å². The maximum atomic E-state index is 12.7. The molecule has 1 amide bonds. The first kappa shape index (κ1) is 22.9. The maximum Gasteiger partial charge on any atom is 0.326 e. The molecule has 6 heteroatoms. The van der Waals surface area contributed by atoms with Gasteiger partial charge in [0.25, 0.3) is 5.91 Å². The van der Waals surface area contributed by atoms with Crippen molar-refractivity contribution < 1.29 is 19.8 Å². The average molecular weight is 433 g/mol. The van der Waals surface area contributed by atoms with Gasteiger partial charge in [-0.3, -0.25) is 4.79 Å². The minimum absolute atomic E-state index is 0.236. The average Bonchev–Trinajstić information content (AvgIpc) is 2.79. The summed E-state index contributed by atoms with van der Waals surface area (Å²) in [6.45, 7) is 0. The number of hydrogen-bond acceptors (Lipinski definition) is 4. The van der Waals surface area contributed by atoms with E-state index in [2.05, 4.69) is 5.32 Å². The monoisotopic (exact) mass is 432 g/mol. The van der Waals surface area contributed by atoms with Crippen LogP contribution in [0.4, 0.5) is 5.69 Å². The molecule has 0 fully saturated rings. The molecule has 0 spiro atoms. The number of phenols is 1. The lowest BCUT2D eigenvalue weighted by atomic mass is 10.00. The third-order valence-electron chi connectivity index (χ3n) is 5.42. The number of aromatic hydroxyl groups is 1. The van der Waals surface area contributed by atoms with Gasteiger partial charge in [0.2, 0.25) is 0 Å². The lowest BCUT2D eigenvalue weighted by Crippen LogP contribution is -2.41. The molecule has 0 saturated carbocycles. The predicted octanol–water partition coefficient (Wildman–Crippen LogP) is 3.97. The first-order valence-corrected chi connectivity index (χ1v) is 10.7. The molecular weight excluding hydrogens is 404 g/mol. The number of carboxylic acid groups (broad SMARTS) is 1. The Bertz CT molecular complexity index is 1050. The van der Waals surface area contributed by atoms with Gasteiger partial charge < -0.3 is 21.3 Å². The number of nitrogen functional groups attached to an aromatic ring is 1. The molecule has 3 aromatic carbocycles. The number of carboxylic acids is 1. The lowest BCUT2D eigenvalue weighted by Gasteiger charge is -2.15. The maximum absolute atomic E-state index is 12.7. The molecule has 1 atom stereocenters. The number of amides is 1. The summed E-state index contributed by atoms with van der Waals surface area (Å²) in [6.07, 6.45) is 3.19. The first-order valence-electron chi connectivity index (χ1n) is 10.7. The largest absolute Gasteiger partial charge is 0.508 e. The zero-order valence-corrected chi connectivity index (χ0v) is 17.8. The standard InChI is InChI=1S/C26H28N2O4/c27-23-15-12-21(17-20(23)8-4-7-19-9-13-22(29)14-10-19)25(30)28-24(26(31)32)16-11-18-5-2-1-3-6-18/h1-3,5-6,9-10,12-15,17,24,29H,4,7-8,11,16,27H2,(H,28,30)(H,31,32)/t24-/m0/s1. The van der Waals surface area contributed by atoms with Crippen LogP contribution in [0.5, 0.6) is 5.75 Å². The zero-order chi connectivity index (χ0) is 22.9. The molecule has 0 aliphatic carbocycles. The third-order valence-corrected chi connectivity index (χ3v) is 5.42. The Hall–Kier alpha value is -3.80. The highest BCUT2D eigenvalue weighted by atomic mass is 16.4. The van der Waals surface area contributed by atoms with Crippen LogP contribution in [0.1, 0.15) is 39.9 Å². The SMILES string of the molecule is Nc1ccc(C(=O)N[C@@H](CCc2ccccc2)C(=O)O)cc1CCCc1ccc(O)cc1. The van der Waals surface area contributed by atoms with Crippen molar-refractivity contribution in [2.45, 2.75) is 38.1 Å². The predicted molar refractivity (Wildman–Crippen MR) is 125 cm³/mol. The Kier molecular flexibility index (Phi) is 7.86. The first-order chi connectivity index (χ1) is 15.4. The number of nitrogens with one attached hydrogen (secondary N) is 1. The Morgan fingerprint density at radius 2 is 1.56 bits per heavy atom. The van der Waals surface area contributed by atoms with Gasteiger partial charge in [0.05, 0.1) is 0 Å². The van der Waals surface area contributed by atoms with Gasteiger partial charge in [-0.15, -0.1) is 0 Å². The number of aliphatic carboxylic acids is 1. The number of rotatable bonds is 10. The molecule has 5 N–H and O–H groups in total. The van der Waals surface area contributed by atoms with E-state index in [0.29, 0.717) is 30.5 Å². The van der Waals surface area contributed by atoms with Crippen molar-refractivity contribution in [3.05, 3.63) is 95.1 Å². The number of carbonyl (C=O) groups is 2. The number of benzene rings is 3. The van der Waals surface area contributed by atoms with Gasteiger partial charge in [-0.2, -0.15) is 0 Å². The summed E-state index contributed by atoms with van der Waals surface area (Å²) in [5.74, 6) is -1.25. The molecule has 166 valence electrons. The fraction of sp³-hybridized carbons (Fsp3) is 0.231. The summed E-state index contributed by atoms with van der Waals surface area (Å²) in [5, 5.41) is 21.5. The second kappa shape index (κ2) is 11.0. The van der Waals surface area contributed by atoms with Gasteiger partial charge >= 0.3 is 5.97 Å². The molecule has 32 heavy (non-hydrogen) atoms. The third kappa shape index (κ3) is 6.60. The number of nitrogens with two attached hydrogens (primary N) is 1. The quantitative estimate of drug-likeness (QED) is 0.362. The van der Waals surface area contributed by atoms with Gasteiger partial charge in [0.1, 0.15) is 11.8 Å².